The largest absolute Gasteiger partial charge is 0.463 e. The van der Waals surface area contributed by atoms with Gasteiger partial charge in [-0.25, -0.2) is 4.79 Å². The van der Waals surface area contributed by atoms with E-state index in [-0.39, 0.29) is 11.9 Å². The van der Waals surface area contributed by atoms with Gasteiger partial charge in [-0.15, -0.1) is 6.58 Å². The first-order valence-electron chi connectivity index (χ1n) is 5.30. The summed E-state index contributed by atoms with van der Waals surface area (Å²) in [5.74, 6) is -0.268. The van der Waals surface area contributed by atoms with Crippen LogP contribution in [0.3, 0.4) is 0 Å². The van der Waals surface area contributed by atoms with E-state index in [2.05, 4.69) is 6.58 Å². The highest BCUT2D eigenvalue weighted by Crippen LogP contribution is 2.17. The summed E-state index contributed by atoms with van der Waals surface area (Å²) in [6.45, 7) is 5.94. The molecule has 0 saturated carbocycles. The van der Waals surface area contributed by atoms with E-state index < -0.39 is 0 Å². The summed E-state index contributed by atoms with van der Waals surface area (Å²) in [4.78, 5) is 11.2. The summed E-state index contributed by atoms with van der Waals surface area (Å²) in [6, 6.07) is 9.89. The van der Waals surface area contributed by atoms with Crippen LogP contribution < -0.4 is 0 Å². The summed E-state index contributed by atoms with van der Waals surface area (Å²) < 4.78 is 4.81. The number of hydrogen-bond acceptors (Lipinski definition) is 2. The Morgan fingerprint density at radius 3 is 2.69 bits per heavy atom. The van der Waals surface area contributed by atoms with Crippen molar-refractivity contribution in [2.75, 3.05) is 6.61 Å². The quantitative estimate of drug-likeness (QED) is 0.429. The van der Waals surface area contributed by atoms with Crippen LogP contribution in [0.15, 0.2) is 55.1 Å². The van der Waals surface area contributed by atoms with Gasteiger partial charge in [0.25, 0.3) is 0 Å². The van der Waals surface area contributed by atoms with Gasteiger partial charge in [-0.2, -0.15) is 0 Å². The van der Waals surface area contributed by atoms with E-state index in [0.29, 0.717) is 6.61 Å². The predicted molar refractivity (Wildman–Crippen MR) is 65.2 cm³/mol. The second-order valence-corrected chi connectivity index (χ2v) is 3.28. The minimum Gasteiger partial charge on any atom is -0.463 e. The van der Waals surface area contributed by atoms with Gasteiger partial charge in [0.1, 0.15) is 0 Å². The predicted octanol–water partition coefficient (Wildman–Crippen LogP) is 3.08. The lowest BCUT2D eigenvalue weighted by Crippen LogP contribution is -2.00. The minimum atomic E-state index is -0.315. The summed E-state index contributed by atoms with van der Waals surface area (Å²) in [7, 11) is 0. The van der Waals surface area contributed by atoms with E-state index >= 15 is 0 Å². The van der Waals surface area contributed by atoms with Gasteiger partial charge in [-0.05, 0) is 12.5 Å². The highest BCUT2D eigenvalue weighted by atomic mass is 16.5. The van der Waals surface area contributed by atoms with Crippen LogP contribution in [0.4, 0.5) is 0 Å². The molecular formula is C14H16O2. The molecule has 0 saturated heterocycles. The van der Waals surface area contributed by atoms with Crippen LogP contribution in [0.1, 0.15) is 18.4 Å². The average molecular weight is 216 g/mol. The molecule has 0 unspecified atom stereocenters. The topological polar surface area (TPSA) is 26.3 Å². The third-order valence-electron chi connectivity index (χ3n) is 2.16. The van der Waals surface area contributed by atoms with Crippen LogP contribution in [0, 0.1) is 0 Å². The van der Waals surface area contributed by atoms with E-state index in [0.717, 1.165) is 5.56 Å². The Hall–Kier alpha value is -1.83. The molecule has 0 bridgehead atoms. The van der Waals surface area contributed by atoms with Crippen LogP contribution in [-0.2, 0) is 9.53 Å². The minimum absolute atomic E-state index is 0.0469. The number of ether oxygens (including phenoxy) is 1. The molecule has 0 N–H and O–H groups in total. The number of allylic oxidation sites excluding steroid dienone is 2. The smallest absolute Gasteiger partial charge is 0.330 e. The van der Waals surface area contributed by atoms with E-state index in [4.69, 9.17) is 4.74 Å². The van der Waals surface area contributed by atoms with Crippen molar-refractivity contribution in [2.45, 2.75) is 12.8 Å². The maximum Gasteiger partial charge on any atom is 0.330 e. The Balaban J connectivity index is 2.70. The highest BCUT2D eigenvalue weighted by Gasteiger charge is 2.03. The van der Waals surface area contributed by atoms with Gasteiger partial charge in [0.15, 0.2) is 0 Å². The molecule has 0 aliphatic heterocycles. The van der Waals surface area contributed by atoms with Crippen molar-refractivity contribution in [1.29, 1.82) is 0 Å². The molecule has 0 fully saturated rings. The van der Waals surface area contributed by atoms with Gasteiger partial charge in [0, 0.05) is 12.0 Å². The Kier molecular flexibility index (Phi) is 5.06. The molecule has 16 heavy (non-hydrogen) atoms. The third-order valence-corrected chi connectivity index (χ3v) is 2.16. The molecule has 0 radical (unpaired) electrons. The Morgan fingerprint density at radius 2 is 2.12 bits per heavy atom. The van der Waals surface area contributed by atoms with Crippen molar-refractivity contribution in [3.05, 3.63) is 60.7 Å². The summed E-state index contributed by atoms with van der Waals surface area (Å²) in [5.41, 5.74) is 1.11. The fraction of sp³-hybridized carbons (Fsp3) is 0.214. The zero-order valence-electron chi connectivity index (χ0n) is 9.43. The van der Waals surface area contributed by atoms with Crippen molar-refractivity contribution >= 4 is 5.97 Å². The lowest BCUT2D eigenvalue weighted by Gasteiger charge is -2.06. The summed E-state index contributed by atoms with van der Waals surface area (Å²) in [5, 5.41) is 0. The Labute approximate surface area is 96.2 Å². The lowest BCUT2D eigenvalue weighted by atomic mass is 9.99. The number of hydrogen-bond donors (Lipinski definition) is 0. The fourth-order valence-corrected chi connectivity index (χ4v) is 1.37. The number of rotatable bonds is 5. The van der Waals surface area contributed by atoms with Crippen LogP contribution in [0.2, 0.25) is 0 Å². The SMILES string of the molecule is C=C[C@@H](/C=C/C(=O)OCC)c1ccccc1. The monoisotopic (exact) mass is 216 g/mol. The molecule has 1 aromatic carbocycles. The first-order valence-corrected chi connectivity index (χ1v) is 5.30. The van der Waals surface area contributed by atoms with Gasteiger partial charge in [-0.3, -0.25) is 0 Å². The zero-order chi connectivity index (χ0) is 11.8. The van der Waals surface area contributed by atoms with Gasteiger partial charge >= 0.3 is 5.97 Å². The Bertz CT molecular complexity index is 366. The summed E-state index contributed by atoms with van der Waals surface area (Å²) >= 11 is 0. The molecular weight excluding hydrogens is 200 g/mol. The molecule has 0 amide bonds. The molecule has 1 rings (SSSR count). The normalized spacial score (nSPS) is 12.3. The molecule has 0 aromatic heterocycles. The van der Waals surface area contributed by atoms with E-state index in [1.54, 1.807) is 19.1 Å². The maximum atomic E-state index is 11.2. The molecule has 0 heterocycles. The lowest BCUT2D eigenvalue weighted by molar-refractivity contribution is -0.137. The molecule has 0 aliphatic carbocycles. The second-order valence-electron chi connectivity index (χ2n) is 3.28. The fourth-order valence-electron chi connectivity index (χ4n) is 1.37. The third kappa shape index (κ3) is 3.73. The number of benzene rings is 1. The van der Waals surface area contributed by atoms with Gasteiger partial charge < -0.3 is 4.74 Å². The van der Waals surface area contributed by atoms with Gasteiger partial charge in [-0.1, -0.05) is 42.5 Å². The second kappa shape index (κ2) is 6.62. The van der Waals surface area contributed by atoms with Gasteiger partial charge in [0.05, 0.1) is 6.61 Å². The van der Waals surface area contributed by atoms with E-state index in [1.165, 1.54) is 6.08 Å². The Morgan fingerprint density at radius 1 is 1.44 bits per heavy atom. The molecule has 0 spiro atoms. The average Bonchev–Trinajstić information content (AvgIpc) is 2.31. The molecule has 84 valence electrons. The van der Waals surface area contributed by atoms with E-state index in [1.807, 2.05) is 30.3 Å². The molecule has 0 aliphatic rings. The van der Waals surface area contributed by atoms with Crippen LogP contribution in [-0.4, -0.2) is 12.6 Å². The van der Waals surface area contributed by atoms with Crippen molar-refractivity contribution in [2.24, 2.45) is 0 Å². The van der Waals surface area contributed by atoms with Crippen molar-refractivity contribution in [1.82, 2.24) is 0 Å². The summed E-state index contributed by atoms with van der Waals surface area (Å²) in [6.07, 6.45) is 5.04. The highest BCUT2D eigenvalue weighted by molar-refractivity contribution is 5.82. The standard InChI is InChI=1S/C14H16O2/c1-3-12(10-11-14(15)16-4-2)13-8-6-5-7-9-13/h3,5-12H,1,4H2,2H3/b11-10+/t12-/m0/s1. The number of esters is 1. The van der Waals surface area contributed by atoms with Crippen LogP contribution in [0.25, 0.3) is 0 Å². The molecule has 2 nitrogen and oxygen atoms in total. The number of carbonyl (C=O) groups excluding carboxylic acids is 1. The van der Waals surface area contributed by atoms with Crippen LogP contribution in [0.5, 0.6) is 0 Å². The number of carbonyl (C=O) groups is 1. The molecule has 2 heteroatoms. The molecule has 1 atom stereocenters. The van der Waals surface area contributed by atoms with Crippen LogP contribution >= 0.6 is 0 Å². The first-order chi connectivity index (χ1) is 7.77. The van der Waals surface area contributed by atoms with E-state index in [9.17, 15) is 4.79 Å². The van der Waals surface area contributed by atoms with Gasteiger partial charge in [0.2, 0.25) is 0 Å². The first kappa shape index (κ1) is 12.2. The maximum absolute atomic E-state index is 11.2. The van der Waals surface area contributed by atoms with Crippen molar-refractivity contribution in [3.63, 3.8) is 0 Å². The van der Waals surface area contributed by atoms with Crippen molar-refractivity contribution in [3.8, 4) is 0 Å². The molecule has 1 aromatic rings. The van der Waals surface area contributed by atoms with Crippen molar-refractivity contribution < 1.29 is 9.53 Å². The zero-order valence-corrected chi connectivity index (χ0v) is 9.43.